The summed E-state index contributed by atoms with van der Waals surface area (Å²) in [7, 11) is 0. The quantitative estimate of drug-likeness (QED) is 0.588. The van der Waals surface area contributed by atoms with Gasteiger partial charge < -0.3 is 5.32 Å². The van der Waals surface area contributed by atoms with Crippen molar-refractivity contribution in [1.29, 1.82) is 5.26 Å². The van der Waals surface area contributed by atoms with Crippen molar-refractivity contribution in [2.45, 2.75) is 5.44 Å². The minimum atomic E-state index is -0.785. The van der Waals surface area contributed by atoms with E-state index < -0.39 is 11.3 Å². The molecule has 0 bridgehead atoms. The van der Waals surface area contributed by atoms with Gasteiger partial charge in [0.05, 0.1) is 11.3 Å². The van der Waals surface area contributed by atoms with E-state index in [4.69, 9.17) is 5.26 Å². The molecule has 7 heteroatoms. The molecule has 1 aromatic carbocycles. The van der Waals surface area contributed by atoms with E-state index >= 15 is 0 Å². The molecule has 1 atom stereocenters. The molecule has 0 spiro atoms. The predicted octanol–water partition coefficient (Wildman–Crippen LogP) is 0.937. The fourth-order valence-corrected chi connectivity index (χ4v) is 1.54. The Morgan fingerprint density at radius 1 is 1.56 bits per heavy atom. The summed E-state index contributed by atoms with van der Waals surface area (Å²) in [5.74, 6) is -0.391. The number of carbonyl (C=O) groups is 1. The number of nitrogens with one attached hydrogen (secondary N) is 2. The second kappa shape index (κ2) is 4.96. The van der Waals surface area contributed by atoms with Crippen molar-refractivity contribution in [2.75, 3.05) is 5.32 Å². The highest BCUT2D eigenvalue weighted by atomic mass is 32.2. The molecule has 82 valence electrons. The van der Waals surface area contributed by atoms with Crippen LogP contribution < -0.4 is 10.2 Å². The van der Waals surface area contributed by atoms with Crippen molar-refractivity contribution in [1.82, 2.24) is 4.89 Å². The van der Waals surface area contributed by atoms with E-state index in [1.165, 1.54) is 0 Å². The van der Waals surface area contributed by atoms with Gasteiger partial charge in [-0.05, 0) is 24.1 Å². The third kappa shape index (κ3) is 2.32. The van der Waals surface area contributed by atoms with Gasteiger partial charge in [-0.15, -0.1) is 9.87 Å². The molecule has 16 heavy (non-hydrogen) atoms. The zero-order valence-corrected chi connectivity index (χ0v) is 8.78. The average Bonchev–Trinajstić information content (AvgIpc) is 2.83. The summed E-state index contributed by atoms with van der Waals surface area (Å²) in [4.78, 5) is 22.9. The number of carbonyl (C=O) groups excluding carboxylic acids is 1. The maximum atomic E-state index is 11.6. The smallest absolute Gasteiger partial charge is 0.268 e. The normalized spacial score (nSPS) is 19.1. The molecule has 2 rings (SSSR count). The van der Waals surface area contributed by atoms with Gasteiger partial charge in [-0.2, -0.15) is 10.1 Å². The van der Waals surface area contributed by atoms with Crippen LogP contribution in [0.2, 0.25) is 0 Å². The lowest BCUT2D eigenvalue weighted by molar-refractivity contribution is -0.300. The minimum Gasteiger partial charge on any atom is -0.322 e. The van der Waals surface area contributed by atoms with Gasteiger partial charge in [-0.1, -0.05) is 12.1 Å². The first-order valence-electron chi connectivity index (χ1n) is 4.34. The lowest BCUT2D eigenvalue weighted by atomic mass is 10.2. The van der Waals surface area contributed by atoms with Crippen LogP contribution in [0.3, 0.4) is 0 Å². The first-order chi connectivity index (χ1) is 7.81. The van der Waals surface area contributed by atoms with Crippen LogP contribution in [0.1, 0.15) is 5.56 Å². The Labute approximate surface area is 95.5 Å². The molecule has 1 unspecified atom stereocenters. The highest BCUT2D eigenvalue weighted by Crippen LogP contribution is 2.19. The Morgan fingerprint density at radius 3 is 3.06 bits per heavy atom. The Balaban J connectivity index is 2.08. The Kier molecular flexibility index (Phi) is 3.38. The minimum absolute atomic E-state index is 0.391. The van der Waals surface area contributed by atoms with E-state index in [-0.39, 0.29) is 0 Å². The summed E-state index contributed by atoms with van der Waals surface area (Å²) >= 11 is 0.994. The fraction of sp³-hybridized carbons (Fsp3) is 0.111. The van der Waals surface area contributed by atoms with Crippen molar-refractivity contribution in [3.63, 3.8) is 0 Å². The molecule has 0 aliphatic carbocycles. The van der Waals surface area contributed by atoms with Gasteiger partial charge in [-0.3, -0.25) is 4.79 Å². The molecule has 1 saturated heterocycles. The standard InChI is InChI=1S/C9H7N3O3S/c10-5-6-3-1-2-4-7(6)11-8(13)9-14-15-12-16-9/h1-4,9,12H,(H,11,13). The Bertz CT molecular complexity index is 440. The molecule has 0 saturated carbocycles. The fourth-order valence-electron chi connectivity index (χ4n) is 1.12. The summed E-state index contributed by atoms with van der Waals surface area (Å²) < 4.78 is 0. The van der Waals surface area contributed by atoms with E-state index in [1.807, 2.05) is 6.07 Å². The summed E-state index contributed by atoms with van der Waals surface area (Å²) in [5, 5.41) is 11.4. The predicted molar refractivity (Wildman–Crippen MR) is 56.5 cm³/mol. The molecule has 0 aromatic heterocycles. The van der Waals surface area contributed by atoms with E-state index in [0.717, 1.165) is 11.9 Å². The topological polar surface area (TPSA) is 83.4 Å². The summed E-state index contributed by atoms with van der Waals surface area (Å²) in [5.41, 5.74) is 0.0607. The molecule has 1 aliphatic heterocycles. The third-order valence-corrected chi connectivity index (χ3v) is 2.52. The molecule has 1 aliphatic rings. The number of nitriles is 1. The van der Waals surface area contributed by atoms with Crippen molar-refractivity contribution in [3.05, 3.63) is 29.8 Å². The van der Waals surface area contributed by atoms with Gasteiger partial charge in [-0.25, -0.2) is 0 Å². The van der Waals surface area contributed by atoms with E-state index in [9.17, 15) is 4.79 Å². The van der Waals surface area contributed by atoms with Crippen LogP contribution in [0.5, 0.6) is 0 Å². The van der Waals surface area contributed by atoms with Crippen molar-refractivity contribution in [3.8, 4) is 6.07 Å². The molecule has 1 fully saturated rings. The van der Waals surface area contributed by atoms with Crippen LogP contribution in [-0.4, -0.2) is 11.3 Å². The number of rotatable bonds is 2. The summed E-state index contributed by atoms with van der Waals surface area (Å²) in [6, 6.07) is 8.70. The second-order valence-electron chi connectivity index (χ2n) is 2.86. The number of hydrogen-bond donors (Lipinski definition) is 2. The molecule has 1 amide bonds. The number of para-hydroxylation sites is 1. The monoisotopic (exact) mass is 237 g/mol. The van der Waals surface area contributed by atoms with Crippen molar-refractivity contribution in [2.24, 2.45) is 0 Å². The molecular formula is C9H7N3O3S. The van der Waals surface area contributed by atoms with E-state index in [2.05, 4.69) is 20.1 Å². The largest absolute Gasteiger partial charge is 0.322 e. The Morgan fingerprint density at radius 2 is 2.38 bits per heavy atom. The highest BCUT2D eigenvalue weighted by molar-refractivity contribution is 7.98. The van der Waals surface area contributed by atoms with Crippen molar-refractivity contribution >= 4 is 23.5 Å². The lowest BCUT2D eigenvalue weighted by Gasteiger charge is -2.08. The van der Waals surface area contributed by atoms with Crippen LogP contribution in [0.4, 0.5) is 5.69 Å². The zero-order chi connectivity index (χ0) is 11.4. The molecule has 6 nitrogen and oxygen atoms in total. The summed E-state index contributed by atoms with van der Waals surface area (Å²) in [6.45, 7) is 0. The van der Waals surface area contributed by atoms with Gasteiger partial charge in [0.25, 0.3) is 5.91 Å². The third-order valence-electron chi connectivity index (χ3n) is 1.84. The molecule has 0 radical (unpaired) electrons. The van der Waals surface area contributed by atoms with Crippen LogP contribution in [-0.2, 0) is 14.7 Å². The molecule has 1 aromatic rings. The van der Waals surface area contributed by atoms with Gasteiger partial charge in [0.15, 0.2) is 0 Å². The van der Waals surface area contributed by atoms with Gasteiger partial charge in [0.2, 0.25) is 5.44 Å². The van der Waals surface area contributed by atoms with Gasteiger partial charge in [0.1, 0.15) is 6.07 Å². The van der Waals surface area contributed by atoms with Gasteiger partial charge in [0, 0.05) is 0 Å². The number of hydrogen-bond acceptors (Lipinski definition) is 6. The Hall–Kier alpha value is -1.59. The first kappa shape index (κ1) is 10.9. The summed E-state index contributed by atoms with van der Waals surface area (Å²) in [6.07, 6.45) is 0. The van der Waals surface area contributed by atoms with E-state index in [1.54, 1.807) is 24.3 Å². The highest BCUT2D eigenvalue weighted by Gasteiger charge is 2.27. The number of amides is 1. The first-order valence-corrected chi connectivity index (χ1v) is 5.22. The molecule has 2 N–H and O–H groups in total. The van der Waals surface area contributed by atoms with Gasteiger partial charge >= 0.3 is 0 Å². The molecule has 1 heterocycles. The average molecular weight is 237 g/mol. The van der Waals surface area contributed by atoms with Crippen LogP contribution in [0.25, 0.3) is 0 Å². The number of benzene rings is 1. The number of nitrogens with zero attached hydrogens (tertiary/aromatic N) is 1. The van der Waals surface area contributed by atoms with Crippen LogP contribution in [0.15, 0.2) is 24.3 Å². The maximum Gasteiger partial charge on any atom is 0.268 e. The number of anilines is 1. The van der Waals surface area contributed by atoms with Crippen LogP contribution in [0, 0.1) is 11.3 Å². The van der Waals surface area contributed by atoms with Crippen LogP contribution >= 0.6 is 11.9 Å². The maximum absolute atomic E-state index is 11.6. The molecular weight excluding hydrogens is 230 g/mol. The lowest BCUT2D eigenvalue weighted by Crippen LogP contribution is -2.25. The zero-order valence-electron chi connectivity index (χ0n) is 7.97. The van der Waals surface area contributed by atoms with E-state index in [0.29, 0.717) is 11.3 Å². The SMILES string of the molecule is N#Cc1ccccc1NC(=O)C1OONS1. The van der Waals surface area contributed by atoms with Crippen molar-refractivity contribution < 1.29 is 14.7 Å². The second-order valence-corrected chi connectivity index (χ2v) is 3.69.